The number of hydrogen-bond donors (Lipinski definition) is 2. The summed E-state index contributed by atoms with van der Waals surface area (Å²) < 4.78 is 0. The Morgan fingerprint density at radius 1 is 1.31 bits per heavy atom. The number of nitrogens with one attached hydrogen (secondary N) is 1. The molecule has 1 aromatic rings. The first-order valence-electron chi connectivity index (χ1n) is 6.04. The van der Waals surface area contributed by atoms with E-state index in [4.69, 9.17) is 5.73 Å². The van der Waals surface area contributed by atoms with Gasteiger partial charge in [-0.25, -0.2) is 0 Å². The number of hydrogen-bond acceptors (Lipinski definition) is 2. The molecular formula is C14H24N2. The highest BCUT2D eigenvalue weighted by Crippen LogP contribution is 2.08. The Morgan fingerprint density at radius 3 is 2.69 bits per heavy atom. The van der Waals surface area contributed by atoms with Crippen molar-refractivity contribution in [1.82, 2.24) is 5.32 Å². The fourth-order valence-corrected chi connectivity index (χ4v) is 1.86. The average Bonchev–Trinajstić information content (AvgIpc) is 2.17. The summed E-state index contributed by atoms with van der Waals surface area (Å²) in [4.78, 5) is 0. The van der Waals surface area contributed by atoms with Gasteiger partial charge in [0.25, 0.3) is 0 Å². The third kappa shape index (κ3) is 4.77. The van der Waals surface area contributed by atoms with Gasteiger partial charge in [-0.15, -0.1) is 0 Å². The van der Waals surface area contributed by atoms with E-state index in [2.05, 4.69) is 50.4 Å². The maximum Gasteiger partial charge on any atom is 0.0137 e. The molecule has 0 spiro atoms. The van der Waals surface area contributed by atoms with Gasteiger partial charge in [0.2, 0.25) is 0 Å². The van der Waals surface area contributed by atoms with Gasteiger partial charge < -0.3 is 11.1 Å². The van der Waals surface area contributed by atoms with Crippen LogP contribution in [-0.2, 0) is 6.42 Å². The predicted octanol–water partition coefficient (Wildman–Crippen LogP) is 2.25. The van der Waals surface area contributed by atoms with Crippen molar-refractivity contribution >= 4 is 0 Å². The summed E-state index contributed by atoms with van der Waals surface area (Å²) in [7, 11) is 0. The minimum absolute atomic E-state index is 0.151. The van der Waals surface area contributed by atoms with Crippen LogP contribution in [0, 0.1) is 6.92 Å². The van der Waals surface area contributed by atoms with Crippen molar-refractivity contribution in [3.05, 3.63) is 35.4 Å². The van der Waals surface area contributed by atoms with Crippen LogP contribution in [-0.4, -0.2) is 18.6 Å². The quantitative estimate of drug-likeness (QED) is 0.771. The average molecular weight is 220 g/mol. The Morgan fingerprint density at radius 2 is 2.06 bits per heavy atom. The first kappa shape index (κ1) is 13.2. The molecule has 2 nitrogen and oxygen atoms in total. The Hall–Kier alpha value is -0.860. The van der Waals surface area contributed by atoms with E-state index in [1.807, 2.05) is 0 Å². The van der Waals surface area contributed by atoms with Gasteiger partial charge in [-0.1, -0.05) is 29.8 Å². The summed E-state index contributed by atoms with van der Waals surface area (Å²) >= 11 is 0. The second-order valence-electron chi connectivity index (χ2n) is 5.09. The Kier molecular flexibility index (Phi) is 4.97. The largest absolute Gasteiger partial charge is 0.330 e. The van der Waals surface area contributed by atoms with E-state index in [9.17, 15) is 0 Å². The zero-order valence-corrected chi connectivity index (χ0v) is 10.7. The summed E-state index contributed by atoms with van der Waals surface area (Å²) in [5.41, 5.74) is 8.46. The van der Waals surface area contributed by atoms with Gasteiger partial charge in [0.05, 0.1) is 0 Å². The number of rotatable bonds is 6. The second-order valence-corrected chi connectivity index (χ2v) is 5.09. The zero-order chi connectivity index (χ0) is 12.0. The molecule has 2 heteroatoms. The lowest BCUT2D eigenvalue weighted by atomic mass is 10.0. The van der Waals surface area contributed by atoms with Crippen LogP contribution in [0.5, 0.6) is 0 Å². The molecule has 0 atom stereocenters. The number of nitrogens with two attached hydrogens (primary N) is 1. The van der Waals surface area contributed by atoms with Crippen molar-refractivity contribution in [2.75, 3.05) is 13.1 Å². The van der Waals surface area contributed by atoms with E-state index in [1.165, 1.54) is 11.1 Å². The van der Waals surface area contributed by atoms with Crippen LogP contribution in [0.15, 0.2) is 24.3 Å². The molecule has 0 amide bonds. The normalized spacial score (nSPS) is 11.8. The van der Waals surface area contributed by atoms with Crippen molar-refractivity contribution in [1.29, 1.82) is 0 Å². The molecule has 0 aliphatic carbocycles. The summed E-state index contributed by atoms with van der Waals surface area (Å²) in [6, 6.07) is 8.69. The lowest BCUT2D eigenvalue weighted by molar-refractivity contribution is 0.370. The minimum atomic E-state index is 0.151. The van der Waals surface area contributed by atoms with Gasteiger partial charge in [0.1, 0.15) is 0 Å². The molecule has 3 N–H and O–H groups in total. The van der Waals surface area contributed by atoms with E-state index in [-0.39, 0.29) is 5.54 Å². The first-order valence-corrected chi connectivity index (χ1v) is 6.04. The van der Waals surface area contributed by atoms with E-state index in [0.717, 1.165) is 25.9 Å². The Balaban J connectivity index is 2.35. The molecule has 1 aromatic carbocycles. The van der Waals surface area contributed by atoms with Gasteiger partial charge in [0, 0.05) is 5.54 Å². The molecule has 0 aromatic heterocycles. The van der Waals surface area contributed by atoms with Crippen LogP contribution in [0.3, 0.4) is 0 Å². The van der Waals surface area contributed by atoms with Crippen LogP contribution in [0.2, 0.25) is 0 Å². The fourth-order valence-electron chi connectivity index (χ4n) is 1.86. The molecule has 0 unspecified atom stereocenters. The number of benzene rings is 1. The van der Waals surface area contributed by atoms with Gasteiger partial charge in [-0.3, -0.25) is 0 Å². The molecule has 16 heavy (non-hydrogen) atoms. The number of aryl methyl sites for hydroxylation is 1. The van der Waals surface area contributed by atoms with Crippen LogP contribution in [0.1, 0.15) is 31.4 Å². The van der Waals surface area contributed by atoms with Crippen LogP contribution in [0.4, 0.5) is 0 Å². The molecule has 0 saturated heterocycles. The van der Waals surface area contributed by atoms with Gasteiger partial charge >= 0.3 is 0 Å². The SMILES string of the molecule is Cc1cccc(CCNC(C)(C)CCN)c1. The standard InChI is InChI=1S/C14H24N2/c1-12-5-4-6-13(11-12)7-10-16-14(2,3)8-9-15/h4-6,11,16H,7-10,15H2,1-3H3. The van der Waals surface area contributed by atoms with Gasteiger partial charge in [0.15, 0.2) is 0 Å². The maximum atomic E-state index is 5.58. The molecule has 0 heterocycles. The lowest BCUT2D eigenvalue weighted by Gasteiger charge is -2.25. The van der Waals surface area contributed by atoms with Crippen LogP contribution in [0.25, 0.3) is 0 Å². The topological polar surface area (TPSA) is 38.0 Å². The summed E-state index contributed by atoms with van der Waals surface area (Å²) in [5, 5.41) is 3.55. The Labute approximate surface area is 99.2 Å². The highest BCUT2D eigenvalue weighted by molar-refractivity contribution is 5.22. The molecule has 0 fully saturated rings. The fraction of sp³-hybridized carbons (Fsp3) is 0.571. The van der Waals surface area contributed by atoms with E-state index < -0.39 is 0 Å². The molecule has 0 saturated carbocycles. The highest BCUT2D eigenvalue weighted by Gasteiger charge is 2.14. The zero-order valence-electron chi connectivity index (χ0n) is 10.7. The second kappa shape index (κ2) is 6.02. The molecule has 0 aliphatic heterocycles. The smallest absolute Gasteiger partial charge is 0.0137 e. The minimum Gasteiger partial charge on any atom is -0.330 e. The molecular weight excluding hydrogens is 196 g/mol. The van der Waals surface area contributed by atoms with Crippen molar-refractivity contribution in [3.63, 3.8) is 0 Å². The maximum absolute atomic E-state index is 5.58. The molecule has 0 aliphatic rings. The highest BCUT2D eigenvalue weighted by atomic mass is 14.9. The van der Waals surface area contributed by atoms with Crippen molar-refractivity contribution < 1.29 is 0 Å². The summed E-state index contributed by atoms with van der Waals surface area (Å²) in [6.45, 7) is 8.29. The third-order valence-corrected chi connectivity index (χ3v) is 2.87. The molecule has 0 radical (unpaired) electrons. The molecule has 0 bridgehead atoms. The van der Waals surface area contributed by atoms with Crippen LogP contribution >= 0.6 is 0 Å². The third-order valence-electron chi connectivity index (χ3n) is 2.87. The summed E-state index contributed by atoms with van der Waals surface area (Å²) in [5.74, 6) is 0. The van der Waals surface area contributed by atoms with Gasteiger partial charge in [-0.2, -0.15) is 0 Å². The van der Waals surface area contributed by atoms with Crippen molar-refractivity contribution in [3.8, 4) is 0 Å². The van der Waals surface area contributed by atoms with Gasteiger partial charge in [-0.05, 0) is 52.3 Å². The van der Waals surface area contributed by atoms with Crippen LogP contribution < -0.4 is 11.1 Å². The Bertz CT molecular complexity index is 318. The predicted molar refractivity (Wildman–Crippen MR) is 70.6 cm³/mol. The lowest BCUT2D eigenvalue weighted by Crippen LogP contribution is -2.42. The van der Waals surface area contributed by atoms with E-state index >= 15 is 0 Å². The summed E-state index contributed by atoms with van der Waals surface area (Å²) in [6.07, 6.45) is 2.09. The van der Waals surface area contributed by atoms with E-state index in [0.29, 0.717) is 0 Å². The molecule has 1 rings (SSSR count). The monoisotopic (exact) mass is 220 g/mol. The van der Waals surface area contributed by atoms with Crippen molar-refractivity contribution in [2.24, 2.45) is 5.73 Å². The first-order chi connectivity index (χ1) is 7.53. The van der Waals surface area contributed by atoms with Crippen molar-refractivity contribution in [2.45, 2.75) is 39.2 Å². The molecule has 90 valence electrons. The van der Waals surface area contributed by atoms with E-state index in [1.54, 1.807) is 0 Å².